The third-order valence-electron chi connectivity index (χ3n) is 1.98. The van der Waals surface area contributed by atoms with Crippen LogP contribution in [-0.4, -0.2) is 18.6 Å². The van der Waals surface area contributed by atoms with Crippen LogP contribution in [0.2, 0.25) is 0 Å². The van der Waals surface area contributed by atoms with E-state index in [2.05, 4.69) is 4.74 Å². The van der Waals surface area contributed by atoms with Crippen LogP contribution < -0.4 is 5.73 Å². The first-order valence-electron chi connectivity index (χ1n) is 4.48. The van der Waals surface area contributed by atoms with E-state index in [1.165, 1.54) is 7.11 Å². The number of hydrogen-bond donors (Lipinski definition) is 1. The second-order valence-corrected chi connectivity index (χ2v) is 3.15. The molecule has 0 amide bonds. The van der Waals surface area contributed by atoms with E-state index in [1.54, 1.807) is 0 Å². The van der Waals surface area contributed by atoms with E-state index in [0.717, 1.165) is 12.8 Å². The van der Waals surface area contributed by atoms with Gasteiger partial charge >= 0.3 is 5.97 Å². The number of nitrogens with two attached hydrogens (primary N) is 1. The lowest BCUT2D eigenvalue weighted by molar-refractivity contribution is -0.147. The summed E-state index contributed by atoms with van der Waals surface area (Å²) in [7, 11) is 1.38. The third-order valence-corrected chi connectivity index (χ3v) is 1.98. The maximum Gasteiger partial charge on any atom is 0.325 e. The number of carbonyl (C=O) groups is 1. The van der Waals surface area contributed by atoms with Crippen molar-refractivity contribution in [1.29, 1.82) is 0 Å². The second-order valence-electron chi connectivity index (χ2n) is 3.15. The number of esters is 1. The van der Waals surface area contributed by atoms with Crippen LogP contribution in [0.5, 0.6) is 0 Å². The molecule has 0 rings (SSSR count). The Hall–Kier alpha value is -0.570. The lowest BCUT2D eigenvalue weighted by atomic mass is 9.90. The Morgan fingerprint density at radius 1 is 1.33 bits per heavy atom. The number of rotatable bonds is 5. The molecule has 0 aliphatic heterocycles. The summed E-state index contributed by atoms with van der Waals surface area (Å²) in [5.74, 6) is -0.286. The van der Waals surface area contributed by atoms with Gasteiger partial charge in [0.05, 0.1) is 7.11 Å². The highest BCUT2D eigenvalue weighted by Gasteiger charge is 2.32. The van der Waals surface area contributed by atoms with Gasteiger partial charge in [0.2, 0.25) is 0 Å². The van der Waals surface area contributed by atoms with Crippen molar-refractivity contribution in [2.75, 3.05) is 7.11 Å². The van der Waals surface area contributed by atoms with Crippen molar-refractivity contribution >= 4 is 5.97 Å². The van der Waals surface area contributed by atoms with Gasteiger partial charge in [0.15, 0.2) is 0 Å². The average molecular weight is 173 g/mol. The van der Waals surface area contributed by atoms with E-state index in [-0.39, 0.29) is 5.97 Å². The first-order chi connectivity index (χ1) is 5.60. The zero-order valence-corrected chi connectivity index (χ0v) is 8.22. The fourth-order valence-electron chi connectivity index (χ4n) is 1.42. The van der Waals surface area contributed by atoms with Crippen molar-refractivity contribution < 1.29 is 9.53 Å². The fourth-order valence-corrected chi connectivity index (χ4v) is 1.42. The summed E-state index contributed by atoms with van der Waals surface area (Å²) < 4.78 is 4.66. The van der Waals surface area contributed by atoms with Gasteiger partial charge in [0, 0.05) is 0 Å². The summed E-state index contributed by atoms with van der Waals surface area (Å²) in [6.07, 6.45) is 3.22. The highest BCUT2D eigenvalue weighted by atomic mass is 16.5. The van der Waals surface area contributed by atoms with Gasteiger partial charge in [-0.15, -0.1) is 0 Å². The summed E-state index contributed by atoms with van der Waals surface area (Å²) >= 11 is 0. The van der Waals surface area contributed by atoms with Crippen molar-refractivity contribution in [2.45, 2.75) is 45.1 Å². The SMILES string of the molecule is CCCC(N)(CCC)C(=O)OC. The summed E-state index contributed by atoms with van der Waals surface area (Å²) in [6, 6.07) is 0. The number of carbonyl (C=O) groups excluding carboxylic acids is 1. The zero-order chi connectivity index (χ0) is 9.61. The van der Waals surface area contributed by atoms with E-state index < -0.39 is 5.54 Å². The number of ether oxygens (including phenoxy) is 1. The van der Waals surface area contributed by atoms with Crippen LogP contribution in [0.25, 0.3) is 0 Å². The zero-order valence-electron chi connectivity index (χ0n) is 8.22. The molecule has 0 atom stereocenters. The molecule has 0 fully saturated rings. The lowest BCUT2D eigenvalue weighted by Crippen LogP contribution is -2.48. The van der Waals surface area contributed by atoms with Gasteiger partial charge in [0.1, 0.15) is 5.54 Å². The minimum Gasteiger partial charge on any atom is -0.468 e. The van der Waals surface area contributed by atoms with Crippen LogP contribution in [0.4, 0.5) is 0 Å². The Morgan fingerprint density at radius 2 is 1.75 bits per heavy atom. The molecule has 3 heteroatoms. The Bertz CT molecular complexity index is 139. The Morgan fingerprint density at radius 3 is 2.00 bits per heavy atom. The third kappa shape index (κ3) is 2.81. The topological polar surface area (TPSA) is 52.3 Å². The minimum absolute atomic E-state index is 0.286. The van der Waals surface area contributed by atoms with Crippen molar-refractivity contribution in [1.82, 2.24) is 0 Å². The molecule has 0 aromatic heterocycles. The summed E-state index contributed by atoms with van der Waals surface area (Å²) in [6.45, 7) is 4.03. The molecule has 0 radical (unpaired) electrons. The minimum atomic E-state index is -0.752. The lowest BCUT2D eigenvalue weighted by Gasteiger charge is -2.25. The van der Waals surface area contributed by atoms with E-state index in [9.17, 15) is 4.79 Å². The van der Waals surface area contributed by atoms with Crippen LogP contribution in [0.3, 0.4) is 0 Å². The maximum absolute atomic E-state index is 11.3. The second kappa shape index (κ2) is 5.14. The average Bonchev–Trinajstić information content (AvgIpc) is 2.04. The van der Waals surface area contributed by atoms with E-state index in [4.69, 9.17) is 5.73 Å². The molecule has 0 unspecified atom stereocenters. The molecule has 0 saturated carbocycles. The Labute approximate surface area is 74.3 Å². The maximum atomic E-state index is 11.3. The summed E-state index contributed by atoms with van der Waals surface area (Å²) in [5, 5.41) is 0. The van der Waals surface area contributed by atoms with Crippen molar-refractivity contribution in [3.05, 3.63) is 0 Å². The smallest absolute Gasteiger partial charge is 0.325 e. The quantitative estimate of drug-likeness (QED) is 0.640. The fraction of sp³-hybridized carbons (Fsp3) is 0.889. The molecule has 0 spiro atoms. The number of methoxy groups -OCH3 is 1. The molecule has 12 heavy (non-hydrogen) atoms. The van der Waals surface area contributed by atoms with Crippen LogP contribution in [0.15, 0.2) is 0 Å². The highest BCUT2D eigenvalue weighted by molar-refractivity contribution is 5.80. The van der Waals surface area contributed by atoms with E-state index in [1.807, 2.05) is 13.8 Å². The predicted octanol–water partition coefficient (Wildman–Crippen LogP) is 1.46. The monoisotopic (exact) mass is 173 g/mol. The van der Waals surface area contributed by atoms with Crippen molar-refractivity contribution in [3.8, 4) is 0 Å². The van der Waals surface area contributed by atoms with Crippen LogP contribution in [-0.2, 0) is 9.53 Å². The molecule has 2 N–H and O–H groups in total. The molecule has 0 aromatic carbocycles. The normalized spacial score (nSPS) is 11.3. The van der Waals surface area contributed by atoms with Gasteiger partial charge in [-0.1, -0.05) is 26.7 Å². The molecule has 72 valence electrons. The molecular formula is C9H19NO2. The summed E-state index contributed by atoms with van der Waals surface area (Å²) in [4.78, 5) is 11.3. The molecule has 0 bridgehead atoms. The Kier molecular flexibility index (Phi) is 4.90. The molecule has 0 aromatic rings. The van der Waals surface area contributed by atoms with E-state index >= 15 is 0 Å². The molecular weight excluding hydrogens is 154 g/mol. The highest BCUT2D eigenvalue weighted by Crippen LogP contribution is 2.17. The van der Waals surface area contributed by atoms with Gasteiger partial charge in [0.25, 0.3) is 0 Å². The molecule has 0 aliphatic rings. The molecule has 0 aliphatic carbocycles. The van der Waals surface area contributed by atoms with Gasteiger partial charge in [-0.05, 0) is 12.8 Å². The van der Waals surface area contributed by atoms with E-state index in [0.29, 0.717) is 12.8 Å². The van der Waals surface area contributed by atoms with Crippen molar-refractivity contribution in [2.24, 2.45) is 5.73 Å². The first kappa shape index (κ1) is 11.4. The largest absolute Gasteiger partial charge is 0.468 e. The van der Waals surface area contributed by atoms with Crippen LogP contribution in [0.1, 0.15) is 39.5 Å². The van der Waals surface area contributed by atoms with Gasteiger partial charge in [-0.3, -0.25) is 4.79 Å². The van der Waals surface area contributed by atoms with Gasteiger partial charge in [-0.2, -0.15) is 0 Å². The standard InChI is InChI=1S/C9H19NO2/c1-4-6-9(10,7-5-2)8(11)12-3/h4-7,10H2,1-3H3. The predicted molar refractivity (Wildman–Crippen MR) is 48.8 cm³/mol. The summed E-state index contributed by atoms with van der Waals surface area (Å²) in [5.41, 5.74) is 5.15. The molecule has 0 saturated heterocycles. The van der Waals surface area contributed by atoms with Crippen LogP contribution >= 0.6 is 0 Å². The molecule has 3 nitrogen and oxygen atoms in total. The molecule has 0 heterocycles. The van der Waals surface area contributed by atoms with Crippen molar-refractivity contribution in [3.63, 3.8) is 0 Å². The number of hydrogen-bond acceptors (Lipinski definition) is 3. The van der Waals surface area contributed by atoms with Gasteiger partial charge < -0.3 is 10.5 Å². The van der Waals surface area contributed by atoms with Gasteiger partial charge in [-0.25, -0.2) is 0 Å². The van der Waals surface area contributed by atoms with Crippen LogP contribution in [0, 0.1) is 0 Å². The first-order valence-corrected chi connectivity index (χ1v) is 4.48. The Balaban J connectivity index is 4.26.